The van der Waals surface area contributed by atoms with Crippen molar-refractivity contribution in [2.24, 2.45) is 17.6 Å². The molecule has 0 radical (unpaired) electrons. The number of sulfonamides is 1. The molecule has 2 fully saturated rings. The van der Waals surface area contributed by atoms with E-state index in [0.717, 1.165) is 12.8 Å². The van der Waals surface area contributed by atoms with Gasteiger partial charge in [-0.15, -0.1) is 12.4 Å². The summed E-state index contributed by atoms with van der Waals surface area (Å²) in [6.45, 7) is 3.22. The average molecular weight is 297 g/mol. The predicted molar refractivity (Wildman–Crippen MR) is 76.3 cm³/mol. The highest BCUT2D eigenvalue weighted by molar-refractivity contribution is 7.89. The largest absolute Gasteiger partial charge is 0.330 e. The van der Waals surface area contributed by atoms with E-state index in [4.69, 9.17) is 5.73 Å². The molecule has 18 heavy (non-hydrogen) atoms. The first-order chi connectivity index (χ1) is 8.03. The highest BCUT2D eigenvalue weighted by atomic mass is 35.5. The second-order valence-corrected chi connectivity index (χ2v) is 7.70. The van der Waals surface area contributed by atoms with Gasteiger partial charge in [-0.1, -0.05) is 19.3 Å². The molecular weight excluding hydrogens is 272 g/mol. The van der Waals surface area contributed by atoms with Crippen molar-refractivity contribution >= 4 is 22.4 Å². The summed E-state index contributed by atoms with van der Waals surface area (Å²) in [5, 5.41) is 0. The van der Waals surface area contributed by atoms with E-state index in [2.05, 4.69) is 0 Å². The van der Waals surface area contributed by atoms with Gasteiger partial charge in [0.25, 0.3) is 0 Å². The van der Waals surface area contributed by atoms with Crippen molar-refractivity contribution in [3.63, 3.8) is 0 Å². The Bertz CT molecular complexity index is 357. The monoisotopic (exact) mass is 296 g/mol. The van der Waals surface area contributed by atoms with Gasteiger partial charge in [-0.05, 0) is 38.1 Å². The Kier molecular flexibility index (Phi) is 5.90. The van der Waals surface area contributed by atoms with Crippen LogP contribution in [0.1, 0.15) is 39.0 Å². The van der Waals surface area contributed by atoms with Gasteiger partial charge < -0.3 is 5.73 Å². The summed E-state index contributed by atoms with van der Waals surface area (Å²) in [6.07, 6.45) is 5.48. The Hall–Kier alpha value is 0.160. The lowest BCUT2D eigenvalue weighted by Gasteiger charge is -2.27. The second kappa shape index (κ2) is 6.55. The molecule has 0 aromatic heterocycles. The number of hydrogen-bond donors (Lipinski definition) is 1. The summed E-state index contributed by atoms with van der Waals surface area (Å²) < 4.78 is 26.2. The normalized spacial score (nSPS) is 29.9. The van der Waals surface area contributed by atoms with Crippen molar-refractivity contribution in [1.29, 1.82) is 0 Å². The van der Waals surface area contributed by atoms with Crippen molar-refractivity contribution in [3.05, 3.63) is 0 Å². The standard InChI is InChI=1S/C12H24N2O2S.ClH/c1-10-7-12(8-13)9-14(10)17(15,16)6-5-11-3-2-4-11;/h10-12H,2-9,13H2,1H3;1H. The summed E-state index contributed by atoms with van der Waals surface area (Å²) >= 11 is 0. The molecule has 0 bridgehead atoms. The topological polar surface area (TPSA) is 63.4 Å². The first-order valence-electron chi connectivity index (χ1n) is 6.72. The van der Waals surface area contributed by atoms with E-state index >= 15 is 0 Å². The molecule has 1 saturated heterocycles. The van der Waals surface area contributed by atoms with Crippen LogP contribution < -0.4 is 5.73 Å². The summed E-state index contributed by atoms with van der Waals surface area (Å²) in [4.78, 5) is 0. The first-order valence-corrected chi connectivity index (χ1v) is 8.33. The van der Waals surface area contributed by atoms with Gasteiger partial charge in [0.2, 0.25) is 10.0 Å². The van der Waals surface area contributed by atoms with Gasteiger partial charge in [-0.2, -0.15) is 4.31 Å². The summed E-state index contributed by atoms with van der Waals surface area (Å²) in [7, 11) is -3.05. The molecule has 0 aromatic carbocycles. The molecule has 4 nitrogen and oxygen atoms in total. The molecule has 6 heteroatoms. The Morgan fingerprint density at radius 1 is 1.28 bits per heavy atom. The smallest absolute Gasteiger partial charge is 0.214 e. The average Bonchev–Trinajstić information content (AvgIpc) is 2.58. The van der Waals surface area contributed by atoms with E-state index in [9.17, 15) is 8.42 Å². The van der Waals surface area contributed by atoms with Crippen LogP contribution in [0.3, 0.4) is 0 Å². The Morgan fingerprint density at radius 3 is 2.39 bits per heavy atom. The van der Waals surface area contributed by atoms with Crippen LogP contribution in [0.4, 0.5) is 0 Å². The lowest BCUT2D eigenvalue weighted by Crippen LogP contribution is -2.37. The fourth-order valence-corrected chi connectivity index (χ4v) is 4.82. The molecule has 108 valence electrons. The SMILES string of the molecule is CC1CC(CN)CN1S(=O)(=O)CCC1CCC1.Cl. The van der Waals surface area contributed by atoms with Gasteiger partial charge >= 0.3 is 0 Å². The summed E-state index contributed by atoms with van der Waals surface area (Å²) in [5.41, 5.74) is 5.63. The number of nitrogens with two attached hydrogens (primary N) is 1. The third-order valence-electron chi connectivity index (χ3n) is 4.30. The third kappa shape index (κ3) is 3.59. The highest BCUT2D eigenvalue weighted by Crippen LogP contribution is 2.31. The number of nitrogens with zero attached hydrogens (tertiary/aromatic N) is 1. The zero-order valence-corrected chi connectivity index (χ0v) is 12.7. The molecule has 0 spiro atoms. The zero-order valence-electron chi connectivity index (χ0n) is 11.0. The molecule has 1 aliphatic heterocycles. The molecule has 2 rings (SSSR count). The van der Waals surface area contributed by atoms with Crippen molar-refractivity contribution in [3.8, 4) is 0 Å². The molecular formula is C12H25ClN2O2S. The molecule has 2 atom stereocenters. The van der Waals surface area contributed by atoms with Crippen LogP contribution in [0, 0.1) is 11.8 Å². The third-order valence-corrected chi connectivity index (χ3v) is 6.28. The lowest BCUT2D eigenvalue weighted by atomic mass is 9.84. The van der Waals surface area contributed by atoms with Gasteiger partial charge in [0, 0.05) is 12.6 Å². The summed E-state index contributed by atoms with van der Waals surface area (Å²) in [5.74, 6) is 1.34. The minimum Gasteiger partial charge on any atom is -0.330 e. The molecule has 2 N–H and O–H groups in total. The van der Waals surface area contributed by atoms with E-state index in [1.165, 1.54) is 19.3 Å². The van der Waals surface area contributed by atoms with Crippen LogP contribution >= 0.6 is 12.4 Å². The minimum atomic E-state index is -3.05. The zero-order chi connectivity index (χ0) is 12.5. The van der Waals surface area contributed by atoms with Gasteiger partial charge in [0.1, 0.15) is 0 Å². The Balaban J connectivity index is 0.00000162. The van der Waals surface area contributed by atoms with Crippen LogP contribution in [0.25, 0.3) is 0 Å². The van der Waals surface area contributed by atoms with Crippen LogP contribution in [-0.4, -0.2) is 37.6 Å². The fourth-order valence-electron chi connectivity index (χ4n) is 2.88. The van der Waals surface area contributed by atoms with Gasteiger partial charge in [0.05, 0.1) is 5.75 Å². The van der Waals surface area contributed by atoms with Crippen LogP contribution in [0.15, 0.2) is 0 Å². The predicted octanol–water partition coefficient (Wildman–Crippen LogP) is 1.60. The minimum absolute atomic E-state index is 0. The van der Waals surface area contributed by atoms with Gasteiger partial charge in [-0.25, -0.2) is 8.42 Å². The van der Waals surface area contributed by atoms with E-state index in [-0.39, 0.29) is 18.4 Å². The maximum Gasteiger partial charge on any atom is 0.214 e. The van der Waals surface area contributed by atoms with Crippen molar-refractivity contribution in [2.45, 2.75) is 45.1 Å². The number of halogens is 1. The maximum absolute atomic E-state index is 12.2. The summed E-state index contributed by atoms with van der Waals surface area (Å²) in [6, 6.07) is 0.134. The number of hydrogen-bond acceptors (Lipinski definition) is 3. The molecule has 0 amide bonds. The van der Waals surface area contributed by atoms with Crippen molar-refractivity contribution in [2.75, 3.05) is 18.8 Å². The van der Waals surface area contributed by atoms with Crippen LogP contribution in [-0.2, 0) is 10.0 Å². The fraction of sp³-hybridized carbons (Fsp3) is 1.00. The second-order valence-electron chi connectivity index (χ2n) is 5.66. The van der Waals surface area contributed by atoms with E-state index < -0.39 is 10.0 Å². The van der Waals surface area contributed by atoms with Gasteiger partial charge in [0.15, 0.2) is 0 Å². The van der Waals surface area contributed by atoms with E-state index in [0.29, 0.717) is 30.7 Å². The highest BCUT2D eigenvalue weighted by Gasteiger charge is 2.36. The van der Waals surface area contributed by atoms with E-state index in [1.54, 1.807) is 4.31 Å². The lowest BCUT2D eigenvalue weighted by molar-refractivity contribution is 0.304. The quantitative estimate of drug-likeness (QED) is 0.838. The molecule has 1 saturated carbocycles. The van der Waals surface area contributed by atoms with E-state index in [1.807, 2.05) is 6.92 Å². The van der Waals surface area contributed by atoms with Gasteiger partial charge in [-0.3, -0.25) is 0 Å². The Morgan fingerprint density at radius 2 is 1.94 bits per heavy atom. The molecule has 1 heterocycles. The molecule has 0 aromatic rings. The van der Waals surface area contributed by atoms with Crippen molar-refractivity contribution in [1.82, 2.24) is 4.31 Å². The molecule has 2 aliphatic rings. The van der Waals surface area contributed by atoms with Crippen molar-refractivity contribution < 1.29 is 8.42 Å². The number of rotatable bonds is 5. The van der Waals surface area contributed by atoms with Crippen LogP contribution in [0.5, 0.6) is 0 Å². The Labute approximate surface area is 117 Å². The molecule has 1 aliphatic carbocycles. The molecule has 2 unspecified atom stereocenters. The first kappa shape index (κ1) is 16.2. The van der Waals surface area contributed by atoms with Crippen LogP contribution in [0.2, 0.25) is 0 Å². The maximum atomic E-state index is 12.2.